The van der Waals surface area contributed by atoms with Gasteiger partial charge in [0.2, 0.25) is 0 Å². The van der Waals surface area contributed by atoms with Gasteiger partial charge in [-0.25, -0.2) is 0 Å². The van der Waals surface area contributed by atoms with E-state index in [0.717, 1.165) is 0 Å². The smallest absolute Gasteiger partial charge is 0.0470 e. The lowest BCUT2D eigenvalue weighted by Crippen LogP contribution is -2.04. The molecule has 0 aliphatic carbocycles. The van der Waals surface area contributed by atoms with Crippen molar-refractivity contribution >= 4 is 8.80 Å². The lowest BCUT2D eigenvalue weighted by molar-refractivity contribution is 1.24. The average molecular weight is 117 g/mol. The van der Waals surface area contributed by atoms with Crippen LogP contribution in [0.25, 0.3) is 0 Å². The van der Waals surface area contributed by atoms with Crippen molar-refractivity contribution in [2.45, 2.75) is 38.9 Å². The SMILES string of the molecule is CC[Si](CC)CC.[HH]. The largest absolute Gasteiger partial charge is 0.0680 e. The van der Waals surface area contributed by atoms with Crippen molar-refractivity contribution in [3.05, 3.63) is 0 Å². The van der Waals surface area contributed by atoms with Crippen LogP contribution >= 0.6 is 0 Å². The molecular formula is C6H17Si. The Balaban J connectivity index is 0. The summed E-state index contributed by atoms with van der Waals surface area (Å²) < 4.78 is 0. The summed E-state index contributed by atoms with van der Waals surface area (Å²) in [6.07, 6.45) is 0. The maximum absolute atomic E-state index is 2.31. The Morgan fingerprint density at radius 1 is 1.00 bits per heavy atom. The van der Waals surface area contributed by atoms with Crippen molar-refractivity contribution in [1.82, 2.24) is 0 Å². The molecule has 0 saturated heterocycles. The van der Waals surface area contributed by atoms with Crippen LogP contribution in [0.15, 0.2) is 0 Å². The van der Waals surface area contributed by atoms with Crippen LogP contribution in [-0.4, -0.2) is 8.80 Å². The first kappa shape index (κ1) is 7.22. The quantitative estimate of drug-likeness (QED) is 0.499. The average Bonchev–Trinajstić information content (AvgIpc) is 1.72. The van der Waals surface area contributed by atoms with Crippen LogP contribution in [0.4, 0.5) is 0 Å². The number of hydrogen-bond donors (Lipinski definition) is 0. The molecule has 45 valence electrons. The molecule has 0 aliphatic rings. The third-order valence-electron chi connectivity index (χ3n) is 1.50. The molecule has 0 nitrogen and oxygen atoms in total. The predicted octanol–water partition coefficient (Wildman–Crippen LogP) is 2.79. The molecular weight excluding hydrogens is 100 g/mol. The van der Waals surface area contributed by atoms with Crippen LogP contribution in [0.1, 0.15) is 22.2 Å². The normalized spacial score (nSPS) is 10.3. The Hall–Kier alpha value is 0.217. The molecule has 0 rings (SSSR count). The predicted molar refractivity (Wildman–Crippen MR) is 39.3 cm³/mol. The fourth-order valence-corrected chi connectivity index (χ4v) is 2.25. The van der Waals surface area contributed by atoms with Gasteiger partial charge >= 0.3 is 0 Å². The first-order valence-corrected chi connectivity index (χ1v) is 5.30. The first-order valence-electron chi connectivity index (χ1n) is 3.18. The van der Waals surface area contributed by atoms with Crippen LogP contribution in [-0.2, 0) is 0 Å². The third-order valence-corrected chi connectivity index (χ3v) is 4.50. The molecule has 0 spiro atoms. The zero-order valence-corrected chi connectivity index (χ0v) is 6.62. The van der Waals surface area contributed by atoms with Gasteiger partial charge in [0, 0.05) is 10.2 Å². The van der Waals surface area contributed by atoms with Gasteiger partial charge in [-0.2, -0.15) is 0 Å². The molecule has 0 atom stereocenters. The van der Waals surface area contributed by atoms with Gasteiger partial charge in [0.1, 0.15) is 0 Å². The minimum Gasteiger partial charge on any atom is -0.0680 e. The van der Waals surface area contributed by atoms with Gasteiger partial charge in [0.15, 0.2) is 0 Å². The lowest BCUT2D eigenvalue weighted by Gasteiger charge is -2.02. The second kappa shape index (κ2) is 4.38. The first-order chi connectivity index (χ1) is 3.35. The Labute approximate surface area is 50.0 Å². The van der Waals surface area contributed by atoms with E-state index >= 15 is 0 Å². The maximum atomic E-state index is 2.31. The summed E-state index contributed by atoms with van der Waals surface area (Å²) in [5.41, 5.74) is 0. The molecule has 0 aromatic carbocycles. The summed E-state index contributed by atoms with van der Waals surface area (Å²) in [5.74, 6) is 0. The molecule has 0 amide bonds. The van der Waals surface area contributed by atoms with Gasteiger partial charge in [0.05, 0.1) is 0 Å². The molecule has 0 aromatic rings. The molecule has 1 radical (unpaired) electrons. The highest BCUT2D eigenvalue weighted by atomic mass is 28.3. The summed E-state index contributed by atoms with van der Waals surface area (Å²) in [6.45, 7) is 6.92. The van der Waals surface area contributed by atoms with Gasteiger partial charge in [-0.15, -0.1) is 0 Å². The van der Waals surface area contributed by atoms with E-state index in [9.17, 15) is 0 Å². The highest BCUT2D eigenvalue weighted by Crippen LogP contribution is 2.01. The Bertz CT molecular complexity index is 30.0. The van der Waals surface area contributed by atoms with E-state index in [1.165, 1.54) is 18.1 Å². The minimum atomic E-state index is 0. The minimum absolute atomic E-state index is 0. The summed E-state index contributed by atoms with van der Waals surface area (Å²) in [4.78, 5) is 0. The van der Waals surface area contributed by atoms with Gasteiger partial charge in [-0.1, -0.05) is 38.9 Å². The van der Waals surface area contributed by atoms with E-state index < -0.39 is 0 Å². The summed E-state index contributed by atoms with van der Waals surface area (Å²) >= 11 is 0. The van der Waals surface area contributed by atoms with Gasteiger partial charge in [-0.05, 0) is 0 Å². The number of rotatable bonds is 3. The van der Waals surface area contributed by atoms with E-state index in [2.05, 4.69) is 20.8 Å². The molecule has 0 bridgehead atoms. The second-order valence-electron chi connectivity index (χ2n) is 1.81. The molecule has 1 heteroatoms. The third kappa shape index (κ3) is 2.86. The van der Waals surface area contributed by atoms with Gasteiger partial charge in [-0.3, -0.25) is 0 Å². The molecule has 0 unspecified atom stereocenters. The fraction of sp³-hybridized carbons (Fsp3) is 1.00. The summed E-state index contributed by atoms with van der Waals surface area (Å²) in [5, 5.41) is 0. The molecule has 0 saturated carbocycles. The monoisotopic (exact) mass is 117 g/mol. The molecule has 0 N–H and O–H groups in total. The van der Waals surface area contributed by atoms with Crippen LogP contribution < -0.4 is 0 Å². The summed E-state index contributed by atoms with van der Waals surface area (Å²) in [6, 6.07) is 4.37. The summed E-state index contributed by atoms with van der Waals surface area (Å²) in [7, 11) is 0.137. The van der Waals surface area contributed by atoms with Crippen molar-refractivity contribution in [2.75, 3.05) is 0 Å². The van der Waals surface area contributed by atoms with E-state index in [0.29, 0.717) is 0 Å². The van der Waals surface area contributed by atoms with E-state index in [-0.39, 0.29) is 10.2 Å². The number of hydrogen-bond acceptors (Lipinski definition) is 0. The van der Waals surface area contributed by atoms with E-state index in [1.807, 2.05) is 0 Å². The van der Waals surface area contributed by atoms with Crippen molar-refractivity contribution in [2.24, 2.45) is 0 Å². The molecule has 0 aliphatic heterocycles. The van der Waals surface area contributed by atoms with E-state index in [1.54, 1.807) is 0 Å². The standard InChI is InChI=1S/C6H15Si.H2/c1-4-7(5-2)6-3;/h4-6H2,1-3H3;1H. The zero-order valence-electron chi connectivity index (χ0n) is 5.62. The van der Waals surface area contributed by atoms with Crippen molar-refractivity contribution in [3.8, 4) is 0 Å². The van der Waals surface area contributed by atoms with Crippen LogP contribution in [0.3, 0.4) is 0 Å². The highest BCUT2D eigenvalue weighted by Gasteiger charge is 1.98. The van der Waals surface area contributed by atoms with E-state index in [4.69, 9.17) is 0 Å². The van der Waals surface area contributed by atoms with Gasteiger partial charge < -0.3 is 0 Å². The highest BCUT2D eigenvalue weighted by molar-refractivity contribution is 6.58. The molecule has 0 heterocycles. The fourth-order valence-electron chi connectivity index (χ4n) is 0.750. The van der Waals surface area contributed by atoms with Crippen LogP contribution in [0.2, 0.25) is 18.1 Å². The molecule has 7 heavy (non-hydrogen) atoms. The topological polar surface area (TPSA) is 0 Å². The van der Waals surface area contributed by atoms with Crippen LogP contribution in [0, 0.1) is 0 Å². The molecule has 0 fully saturated rings. The Morgan fingerprint density at radius 2 is 1.29 bits per heavy atom. The maximum Gasteiger partial charge on any atom is 0.0470 e. The Morgan fingerprint density at radius 3 is 1.29 bits per heavy atom. The van der Waals surface area contributed by atoms with Crippen LogP contribution in [0.5, 0.6) is 0 Å². The second-order valence-corrected chi connectivity index (χ2v) is 5.43. The Kier molecular flexibility index (Phi) is 4.51. The van der Waals surface area contributed by atoms with Crippen molar-refractivity contribution < 1.29 is 1.43 Å². The van der Waals surface area contributed by atoms with Crippen molar-refractivity contribution in [3.63, 3.8) is 0 Å². The zero-order chi connectivity index (χ0) is 5.70. The van der Waals surface area contributed by atoms with Crippen molar-refractivity contribution in [1.29, 1.82) is 0 Å². The lowest BCUT2D eigenvalue weighted by atomic mass is 10.9. The van der Waals surface area contributed by atoms with Gasteiger partial charge in [0.25, 0.3) is 0 Å². The molecule has 0 aromatic heterocycles.